The van der Waals surface area contributed by atoms with E-state index in [1.165, 1.54) is 6.07 Å². The van der Waals surface area contributed by atoms with Crippen LogP contribution in [0.25, 0.3) is 11.0 Å². The number of aryl methyl sites for hydroxylation is 2. The summed E-state index contributed by atoms with van der Waals surface area (Å²) in [4.78, 5) is 38.8. The molecule has 0 aliphatic carbocycles. The molecule has 7 nitrogen and oxygen atoms in total. The minimum Gasteiger partial charge on any atom is -0.482 e. The van der Waals surface area contributed by atoms with Gasteiger partial charge in [0.25, 0.3) is 11.8 Å². The lowest BCUT2D eigenvalue weighted by molar-refractivity contribution is -0.121. The first-order valence-electron chi connectivity index (χ1n) is 9.31. The van der Waals surface area contributed by atoms with Crippen LogP contribution in [0.3, 0.4) is 0 Å². The fourth-order valence-corrected chi connectivity index (χ4v) is 3.38. The molecular weight excluding hydrogens is 372 g/mol. The number of nitrogens with one attached hydrogen (secondary N) is 1. The zero-order valence-electron chi connectivity index (χ0n) is 16.4. The molecule has 1 N–H and O–H groups in total. The number of anilines is 2. The first-order valence-corrected chi connectivity index (χ1v) is 9.31. The van der Waals surface area contributed by atoms with E-state index >= 15 is 0 Å². The van der Waals surface area contributed by atoms with Crippen LogP contribution < -0.4 is 20.4 Å². The van der Waals surface area contributed by atoms with Crippen LogP contribution in [0.2, 0.25) is 0 Å². The number of hydrogen-bond acceptors (Lipinski definition) is 5. The van der Waals surface area contributed by atoms with Gasteiger partial charge >= 0.3 is 0 Å². The summed E-state index contributed by atoms with van der Waals surface area (Å²) < 4.78 is 11.2. The van der Waals surface area contributed by atoms with Crippen molar-refractivity contribution < 1.29 is 18.7 Å². The Kier molecular flexibility index (Phi) is 4.58. The van der Waals surface area contributed by atoms with E-state index in [9.17, 15) is 14.4 Å². The van der Waals surface area contributed by atoms with Gasteiger partial charge in [-0.25, -0.2) is 0 Å². The molecule has 1 aliphatic heterocycles. The van der Waals surface area contributed by atoms with Crippen LogP contribution in [-0.4, -0.2) is 25.0 Å². The SMILES string of the molecule is CCN1C(=O)COc2ccc(NC(=O)c3cc(=O)c4ccc(C)c(C)c4o3)cc21. The Balaban J connectivity index is 1.69. The van der Waals surface area contributed by atoms with Gasteiger partial charge in [0.15, 0.2) is 17.8 Å². The summed E-state index contributed by atoms with van der Waals surface area (Å²) in [5, 5.41) is 3.17. The number of fused-ring (bicyclic) bond motifs is 2. The quantitative estimate of drug-likeness (QED) is 0.738. The van der Waals surface area contributed by atoms with Crippen molar-refractivity contribution in [3.63, 3.8) is 0 Å². The van der Waals surface area contributed by atoms with Crippen molar-refractivity contribution >= 4 is 34.2 Å². The van der Waals surface area contributed by atoms with Gasteiger partial charge in [-0.1, -0.05) is 6.07 Å². The molecule has 0 atom stereocenters. The van der Waals surface area contributed by atoms with Gasteiger partial charge in [0.2, 0.25) is 0 Å². The van der Waals surface area contributed by atoms with E-state index in [1.54, 1.807) is 29.2 Å². The molecule has 2 heterocycles. The zero-order chi connectivity index (χ0) is 20.7. The number of rotatable bonds is 3. The van der Waals surface area contributed by atoms with Gasteiger partial charge in [0, 0.05) is 18.3 Å². The number of nitrogens with zero attached hydrogens (tertiary/aromatic N) is 1. The van der Waals surface area contributed by atoms with E-state index in [4.69, 9.17) is 9.15 Å². The van der Waals surface area contributed by atoms with Crippen molar-refractivity contribution in [2.45, 2.75) is 20.8 Å². The Labute approximate surface area is 166 Å². The Morgan fingerprint density at radius 2 is 1.93 bits per heavy atom. The van der Waals surface area contributed by atoms with Crippen LogP contribution in [0.1, 0.15) is 28.6 Å². The normalized spacial score (nSPS) is 13.2. The summed E-state index contributed by atoms with van der Waals surface area (Å²) in [5.41, 5.74) is 2.97. The Morgan fingerprint density at radius 3 is 2.69 bits per heavy atom. The number of benzene rings is 2. The maximum Gasteiger partial charge on any atom is 0.291 e. The number of carbonyl (C=O) groups excluding carboxylic acids is 2. The lowest BCUT2D eigenvalue weighted by Gasteiger charge is -2.28. The largest absolute Gasteiger partial charge is 0.482 e. The molecule has 3 aromatic rings. The fourth-order valence-electron chi connectivity index (χ4n) is 3.38. The van der Waals surface area contributed by atoms with Crippen LogP contribution in [-0.2, 0) is 4.79 Å². The molecule has 29 heavy (non-hydrogen) atoms. The summed E-state index contributed by atoms with van der Waals surface area (Å²) in [6.45, 7) is 6.12. The van der Waals surface area contributed by atoms with Crippen molar-refractivity contribution in [1.29, 1.82) is 0 Å². The van der Waals surface area contributed by atoms with Gasteiger partial charge in [0.05, 0.1) is 11.1 Å². The third-order valence-corrected chi connectivity index (χ3v) is 5.12. The molecule has 0 fully saturated rings. The molecule has 1 aromatic heterocycles. The molecule has 7 heteroatoms. The van der Waals surface area contributed by atoms with E-state index in [0.29, 0.717) is 34.6 Å². The lowest BCUT2D eigenvalue weighted by Crippen LogP contribution is -2.38. The molecule has 148 valence electrons. The maximum atomic E-state index is 12.7. The van der Waals surface area contributed by atoms with Crippen molar-refractivity contribution in [2.24, 2.45) is 0 Å². The summed E-state index contributed by atoms with van der Waals surface area (Å²) in [6, 6.07) is 9.78. The average molecular weight is 392 g/mol. The van der Waals surface area contributed by atoms with Gasteiger partial charge in [-0.05, 0) is 56.2 Å². The van der Waals surface area contributed by atoms with Gasteiger partial charge in [0.1, 0.15) is 11.3 Å². The highest BCUT2D eigenvalue weighted by molar-refractivity contribution is 6.04. The number of ether oxygens (including phenoxy) is 1. The van der Waals surface area contributed by atoms with Gasteiger partial charge in [-0.15, -0.1) is 0 Å². The molecule has 2 amide bonds. The maximum absolute atomic E-state index is 12.7. The molecule has 2 aromatic carbocycles. The average Bonchev–Trinajstić information content (AvgIpc) is 2.70. The van der Waals surface area contributed by atoms with E-state index in [1.807, 2.05) is 26.8 Å². The Hall–Kier alpha value is -3.61. The van der Waals surface area contributed by atoms with Crippen molar-refractivity contribution in [2.75, 3.05) is 23.4 Å². The van der Waals surface area contributed by atoms with E-state index < -0.39 is 5.91 Å². The second kappa shape index (κ2) is 7.09. The molecule has 0 saturated carbocycles. The highest BCUT2D eigenvalue weighted by Gasteiger charge is 2.25. The summed E-state index contributed by atoms with van der Waals surface area (Å²) in [7, 11) is 0. The van der Waals surface area contributed by atoms with E-state index in [-0.39, 0.29) is 23.7 Å². The summed E-state index contributed by atoms with van der Waals surface area (Å²) >= 11 is 0. The molecule has 0 unspecified atom stereocenters. The van der Waals surface area contributed by atoms with E-state index in [2.05, 4.69) is 5.32 Å². The fraction of sp³-hybridized carbons (Fsp3) is 0.227. The number of hydrogen-bond donors (Lipinski definition) is 1. The molecule has 4 rings (SSSR count). The first kappa shape index (κ1) is 18.7. The Morgan fingerprint density at radius 1 is 1.14 bits per heavy atom. The second-order valence-electron chi connectivity index (χ2n) is 6.92. The number of likely N-dealkylation sites (N-methyl/N-ethyl adjacent to an activating group) is 1. The van der Waals surface area contributed by atoms with Crippen molar-refractivity contribution in [3.05, 3.63) is 63.5 Å². The topological polar surface area (TPSA) is 88.9 Å². The smallest absolute Gasteiger partial charge is 0.291 e. The first-order chi connectivity index (χ1) is 13.9. The number of carbonyl (C=O) groups is 2. The minimum atomic E-state index is -0.545. The zero-order valence-corrected chi connectivity index (χ0v) is 16.4. The predicted octanol–water partition coefficient (Wildman–Crippen LogP) is 3.41. The molecule has 0 bridgehead atoms. The monoisotopic (exact) mass is 392 g/mol. The molecule has 1 aliphatic rings. The third kappa shape index (κ3) is 3.24. The van der Waals surface area contributed by atoms with Crippen LogP contribution in [0.4, 0.5) is 11.4 Å². The van der Waals surface area contributed by atoms with Crippen LogP contribution >= 0.6 is 0 Å². The number of amides is 2. The third-order valence-electron chi connectivity index (χ3n) is 5.12. The van der Waals surface area contributed by atoms with Crippen LogP contribution in [0.15, 0.2) is 45.6 Å². The molecular formula is C22H20N2O5. The highest BCUT2D eigenvalue weighted by Crippen LogP contribution is 2.34. The van der Waals surface area contributed by atoms with Gasteiger partial charge in [-0.2, -0.15) is 0 Å². The molecule has 0 saturated heterocycles. The molecule has 0 spiro atoms. The van der Waals surface area contributed by atoms with Crippen LogP contribution in [0, 0.1) is 13.8 Å². The lowest BCUT2D eigenvalue weighted by atomic mass is 10.1. The Bertz CT molecular complexity index is 1210. The van der Waals surface area contributed by atoms with E-state index in [0.717, 1.165) is 11.1 Å². The minimum absolute atomic E-state index is 0.00639. The standard InChI is InChI=1S/C22H20N2O5/c1-4-24-16-9-14(6-8-18(16)28-11-20(24)26)23-22(27)19-10-17(25)15-7-5-12(2)13(3)21(15)29-19/h5-10H,4,11H2,1-3H3,(H,23,27). The van der Waals surface area contributed by atoms with Gasteiger partial charge in [-0.3, -0.25) is 14.4 Å². The predicted molar refractivity (Wildman–Crippen MR) is 110 cm³/mol. The van der Waals surface area contributed by atoms with Crippen LogP contribution in [0.5, 0.6) is 5.75 Å². The summed E-state index contributed by atoms with van der Waals surface area (Å²) in [6.07, 6.45) is 0. The molecule has 0 radical (unpaired) electrons. The van der Waals surface area contributed by atoms with Crippen molar-refractivity contribution in [1.82, 2.24) is 0 Å². The second-order valence-corrected chi connectivity index (χ2v) is 6.92. The van der Waals surface area contributed by atoms with Crippen molar-refractivity contribution in [3.8, 4) is 5.75 Å². The summed E-state index contributed by atoms with van der Waals surface area (Å²) in [5.74, 6) is -0.188. The van der Waals surface area contributed by atoms with Gasteiger partial charge < -0.3 is 19.4 Å². The highest BCUT2D eigenvalue weighted by atomic mass is 16.5.